The summed E-state index contributed by atoms with van der Waals surface area (Å²) in [5.74, 6) is -0.943. The molecule has 1 N–H and O–H groups in total. The van der Waals surface area contributed by atoms with Gasteiger partial charge in [-0.2, -0.15) is 0 Å². The molecule has 1 aromatic carbocycles. The van der Waals surface area contributed by atoms with E-state index >= 15 is 0 Å². The van der Waals surface area contributed by atoms with Crippen LogP contribution >= 0.6 is 11.8 Å². The highest BCUT2D eigenvalue weighted by atomic mass is 32.2. The van der Waals surface area contributed by atoms with E-state index in [0.717, 1.165) is 16.7 Å². The summed E-state index contributed by atoms with van der Waals surface area (Å²) in [6, 6.07) is 3.27. The zero-order valence-electron chi connectivity index (χ0n) is 14.5. The van der Waals surface area contributed by atoms with Crippen LogP contribution in [0.4, 0.5) is 4.79 Å². The van der Waals surface area contributed by atoms with Gasteiger partial charge in [0.1, 0.15) is 6.54 Å². The Balaban J connectivity index is 2.36. The Hall–Kier alpha value is -2.74. The molecule has 0 spiro atoms. The minimum absolute atomic E-state index is 0.0164. The Labute approximate surface area is 155 Å². The van der Waals surface area contributed by atoms with E-state index in [2.05, 4.69) is 11.3 Å². The van der Waals surface area contributed by atoms with Gasteiger partial charge in [0.2, 0.25) is 0 Å². The molecule has 0 aromatic heterocycles. The van der Waals surface area contributed by atoms with Crippen LogP contribution in [0.1, 0.15) is 18.1 Å². The minimum Gasteiger partial charge on any atom is -0.504 e. The van der Waals surface area contributed by atoms with Crippen LogP contribution in [0, 0.1) is 0 Å². The number of methoxy groups -OCH3 is 1. The van der Waals surface area contributed by atoms with Crippen molar-refractivity contribution in [2.75, 3.05) is 20.3 Å². The molecule has 0 aliphatic carbocycles. The Morgan fingerprint density at radius 1 is 1.38 bits per heavy atom. The van der Waals surface area contributed by atoms with Crippen LogP contribution < -0.4 is 4.74 Å². The first-order chi connectivity index (χ1) is 12.4. The number of imide groups is 1. The summed E-state index contributed by atoms with van der Waals surface area (Å²) in [6.45, 7) is 5.37. The Kier molecular flexibility index (Phi) is 6.46. The lowest BCUT2D eigenvalue weighted by Gasteiger charge is -2.11. The van der Waals surface area contributed by atoms with E-state index in [9.17, 15) is 19.5 Å². The van der Waals surface area contributed by atoms with E-state index in [1.165, 1.54) is 13.2 Å². The number of nitrogens with zero attached hydrogens (tertiary/aromatic N) is 1. The van der Waals surface area contributed by atoms with Gasteiger partial charge in [0.05, 0.1) is 18.6 Å². The molecule has 138 valence electrons. The third-order valence-electron chi connectivity index (χ3n) is 3.53. The number of benzene rings is 1. The molecule has 2 rings (SSSR count). The number of phenolic OH excluding ortho intramolecular Hbond substituents is 1. The maximum absolute atomic E-state index is 12.4. The highest BCUT2D eigenvalue weighted by molar-refractivity contribution is 8.18. The summed E-state index contributed by atoms with van der Waals surface area (Å²) in [4.78, 5) is 36.7. The van der Waals surface area contributed by atoms with Crippen LogP contribution in [0.25, 0.3) is 6.08 Å². The molecule has 1 fully saturated rings. The molecule has 1 aliphatic rings. The number of ether oxygens (including phenoxy) is 2. The summed E-state index contributed by atoms with van der Waals surface area (Å²) < 4.78 is 9.91. The number of amides is 2. The van der Waals surface area contributed by atoms with Gasteiger partial charge in [-0.15, -0.1) is 6.58 Å². The fourth-order valence-corrected chi connectivity index (χ4v) is 3.17. The molecule has 26 heavy (non-hydrogen) atoms. The summed E-state index contributed by atoms with van der Waals surface area (Å²) in [5.41, 5.74) is 1.18. The fraction of sp³-hybridized carbons (Fsp3) is 0.278. The zero-order chi connectivity index (χ0) is 19.3. The maximum Gasteiger partial charge on any atom is 0.325 e. The van der Waals surface area contributed by atoms with Crippen molar-refractivity contribution in [3.05, 3.63) is 40.8 Å². The number of carbonyl (C=O) groups excluding carboxylic acids is 3. The second kappa shape index (κ2) is 8.57. The molecule has 8 heteroatoms. The molecule has 1 saturated heterocycles. The van der Waals surface area contributed by atoms with Gasteiger partial charge in [-0.05, 0) is 48.9 Å². The molecule has 0 unspecified atom stereocenters. The lowest BCUT2D eigenvalue weighted by molar-refractivity contribution is -0.143. The van der Waals surface area contributed by atoms with Crippen LogP contribution in [-0.2, 0) is 20.7 Å². The van der Waals surface area contributed by atoms with E-state index < -0.39 is 23.7 Å². The van der Waals surface area contributed by atoms with Gasteiger partial charge in [0.25, 0.3) is 11.1 Å². The van der Waals surface area contributed by atoms with Gasteiger partial charge < -0.3 is 14.6 Å². The van der Waals surface area contributed by atoms with Crippen molar-refractivity contribution in [3.63, 3.8) is 0 Å². The number of thioether (sulfide) groups is 1. The number of hydrogen-bond donors (Lipinski definition) is 1. The highest BCUT2D eigenvalue weighted by Gasteiger charge is 2.36. The second-order valence-electron chi connectivity index (χ2n) is 5.30. The van der Waals surface area contributed by atoms with E-state index in [1.54, 1.807) is 25.1 Å². The van der Waals surface area contributed by atoms with Crippen molar-refractivity contribution in [2.45, 2.75) is 13.3 Å². The molecular formula is C18H19NO6S. The molecule has 1 heterocycles. The van der Waals surface area contributed by atoms with Crippen molar-refractivity contribution in [1.29, 1.82) is 0 Å². The van der Waals surface area contributed by atoms with E-state index in [0.29, 0.717) is 24.2 Å². The lowest BCUT2D eigenvalue weighted by atomic mass is 10.1. The van der Waals surface area contributed by atoms with Crippen LogP contribution in [0.5, 0.6) is 11.5 Å². The van der Waals surface area contributed by atoms with E-state index in [-0.39, 0.29) is 16.4 Å². The predicted molar refractivity (Wildman–Crippen MR) is 97.9 cm³/mol. The average Bonchev–Trinajstić information content (AvgIpc) is 2.86. The quantitative estimate of drug-likeness (QED) is 0.444. The highest BCUT2D eigenvalue weighted by Crippen LogP contribution is 2.36. The molecular weight excluding hydrogens is 358 g/mol. The molecule has 7 nitrogen and oxygen atoms in total. The molecule has 2 amide bonds. The molecule has 1 aliphatic heterocycles. The summed E-state index contributed by atoms with van der Waals surface area (Å²) in [6.07, 6.45) is 3.58. The zero-order valence-corrected chi connectivity index (χ0v) is 15.3. The van der Waals surface area contributed by atoms with Crippen LogP contribution in [-0.4, -0.2) is 47.4 Å². The van der Waals surface area contributed by atoms with Crippen LogP contribution in [0.2, 0.25) is 0 Å². The SMILES string of the molecule is C=CCc1cc(/C=C2/SC(=O)N(CC(=O)OC)C2=O)cc(OCC)c1O. The number of allylic oxidation sites excluding steroid dienone is 1. The summed E-state index contributed by atoms with van der Waals surface area (Å²) in [7, 11) is 1.18. The van der Waals surface area contributed by atoms with Gasteiger partial charge in [0, 0.05) is 5.56 Å². The Morgan fingerprint density at radius 3 is 2.73 bits per heavy atom. The number of rotatable bonds is 7. The smallest absolute Gasteiger partial charge is 0.325 e. The normalized spacial score (nSPS) is 15.5. The minimum atomic E-state index is -0.676. The number of aromatic hydroxyl groups is 1. The third kappa shape index (κ3) is 4.26. The Morgan fingerprint density at radius 2 is 2.12 bits per heavy atom. The second-order valence-corrected chi connectivity index (χ2v) is 6.29. The number of hydrogen-bond acceptors (Lipinski definition) is 7. The van der Waals surface area contributed by atoms with Crippen molar-refractivity contribution in [2.24, 2.45) is 0 Å². The Bertz CT molecular complexity index is 786. The summed E-state index contributed by atoms with van der Waals surface area (Å²) >= 11 is 0.739. The van der Waals surface area contributed by atoms with E-state index in [4.69, 9.17) is 4.74 Å². The number of carbonyl (C=O) groups is 3. The van der Waals surface area contributed by atoms with Crippen molar-refractivity contribution >= 4 is 35.0 Å². The average molecular weight is 377 g/mol. The van der Waals surface area contributed by atoms with Crippen molar-refractivity contribution < 1.29 is 29.0 Å². The van der Waals surface area contributed by atoms with Crippen molar-refractivity contribution in [3.8, 4) is 11.5 Å². The largest absolute Gasteiger partial charge is 0.504 e. The predicted octanol–water partition coefficient (Wildman–Crippen LogP) is 2.73. The summed E-state index contributed by atoms with van der Waals surface area (Å²) in [5, 5.41) is 9.68. The molecule has 0 bridgehead atoms. The fourth-order valence-electron chi connectivity index (χ4n) is 2.33. The van der Waals surface area contributed by atoms with Gasteiger partial charge >= 0.3 is 5.97 Å². The van der Waals surface area contributed by atoms with Crippen LogP contribution in [0.3, 0.4) is 0 Å². The number of esters is 1. The van der Waals surface area contributed by atoms with Gasteiger partial charge in [0.15, 0.2) is 11.5 Å². The molecule has 1 aromatic rings. The van der Waals surface area contributed by atoms with Gasteiger partial charge in [-0.3, -0.25) is 19.3 Å². The molecule has 0 atom stereocenters. The number of phenols is 1. The first-order valence-electron chi connectivity index (χ1n) is 7.83. The van der Waals surface area contributed by atoms with E-state index in [1.807, 2.05) is 0 Å². The topological polar surface area (TPSA) is 93.1 Å². The monoisotopic (exact) mass is 377 g/mol. The first kappa shape index (κ1) is 19.6. The standard InChI is InChI=1S/C18H19NO6S/c1-4-6-12-7-11(8-13(16(12)21)25-5-2)9-14-17(22)19(18(23)26-14)10-15(20)24-3/h4,7-9,21H,1,5-6,10H2,2-3H3/b14-9+. The lowest BCUT2D eigenvalue weighted by Crippen LogP contribution is -2.34. The van der Waals surface area contributed by atoms with Crippen molar-refractivity contribution in [1.82, 2.24) is 4.90 Å². The van der Waals surface area contributed by atoms with Crippen LogP contribution in [0.15, 0.2) is 29.7 Å². The molecule has 0 radical (unpaired) electrons. The third-order valence-corrected chi connectivity index (χ3v) is 4.43. The molecule has 0 saturated carbocycles. The maximum atomic E-state index is 12.4. The van der Waals surface area contributed by atoms with Gasteiger partial charge in [-0.1, -0.05) is 6.08 Å². The van der Waals surface area contributed by atoms with Gasteiger partial charge in [-0.25, -0.2) is 0 Å². The first-order valence-corrected chi connectivity index (χ1v) is 8.64.